The highest BCUT2D eigenvalue weighted by atomic mass is 16.9. The average molecular weight is 562 g/mol. The largest absolute Gasteiger partial charge is 0.494 e. The van der Waals surface area contributed by atoms with Gasteiger partial charge in [0.15, 0.2) is 13.6 Å². The van der Waals surface area contributed by atoms with Gasteiger partial charge >= 0.3 is 0 Å². The van der Waals surface area contributed by atoms with E-state index < -0.39 is 17.5 Å². The molecule has 8 rings (SSSR count). The highest BCUT2D eigenvalue weighted by Gasteiger charge is 2.77. The van der Waals surface area contributed by atoms with E-state index in [1.54, 1.807) is 0 Å². The van der Waals surface area contributed by atoms with Crippen LogP contribution in [0.25, 0.3) is 11.8 Å². The van der Waals surface area contributed by atoms with E-state index in [0.29, 0.717) is 37.4 Å². The molecule has 2 aliphatic heterocycles. The lowest BCUT2D eigenvalue weighted by atomic mass is 9.43. The summed E-state index contributed by atoms with van der Waals surface area (Å²) in [6.45, 7) is 10.7. The number of allylic oxidation sites excluding steroid dienone is 1. The molecule has 0 amide bonds. The predicted octanol–water partition coefficient (Wildman–Crippen LogP) is 5.72. The van der Waals surface area contributed by atoms with Crippen LogP contribution in [-0.2, 0) is 25.4 Å². The molecule has 7 nitrogen and oxygen atoms in total. The molecule has 220 valence electrons. The fourth-order valence-corrected chi connectivity index (χ4v) is 10.8. The molecular weight excluding hydrogens is 518 g/mol. The molecule has 2 spiro atoms. The maximum absolute atomic E-state index is 12.2. The minimum Gasteiger partial charge on any atom is -0.494 e. The molecular formula is C34H43NO6. The highest BCUT2D eigenvalue weighted by Crippen LogP contribution is 2.72. The molecule has 0 radical (unpaired) electrons. The first-order valence-electron chi connectivity index (χ1n) is 15.6. The van der Waals surface area contributed by atoms with Gasteiger partial charge in [-0.15, -0.1) is 0 Å². The maximum Gasteiger partial charge on any atom is 0.226 e. The molecule has 0 bridgehead atoms. The van der Waals surface area contributed by atoms with Crippen LogP contribution in [0.3, 0.4) is 0 Å². The number of aromatic nitrogens is 1. The van der Waals surface area contributed by atoms with Gasteiger partial charge in [-0.1, -0.05) is 32.4 Å². The average Bonchev–Trinajstić information content (AvgIpc) is 3.72. The molecule has 9 atom stereocenters. The quantitative estimate of drug-likeness (QED) is 0.517. The van der Waals surface area contributed by atoms with Gasteiger partial charge in [-0.25, -0.2) is 0 Å². The molecule has 2 aromatic rings. The minimum absolute atomic E-state index is 0.0888. The third-order valence-electron chi connectivity index (χ3n) is 12.3. The van der Waals surface area contributed by atoms with Crippen LogP contribution in [0.1, 0.15) is 64.5 Å². The molecule has 3 heterocycles. The Hall–Kier alpha value is -2.16. The Balaban J connectivity index is 1.13. The first-order valence-corrected chi connectivity index (χ1v) is 15.6. The second kappa shape index (κ2) is 8.93. The van der Waals surface area contributed by atoms with E-state index in [9.17, 15) is 5.11 Å². The summed E-state index contributed by atoms with van der Waals surface area (Å²) in [6, 6.07) is 8.33. The van der Waals surface area contributed by atoms with Crippen molar-refractivity contribution in [1.82, 2.24) is 4.57 Å². The van der Waals surface area contributed by atoms with Crippen molar-refractivity contribution in [2.75, 3.05) is 26.8 Å². The summed E-state index contributed by atoms with van der Waals surface area (Å²) < 4.78 is 32.5. The van der Waals surface area contributed by atoms with Crippen molar-refractivity contribution in [3.8, 4) is 11.4 Å². The number of hydrogen-bond acceptors (Lipinski definition) is 6. The molecule has 2 saturated heterocycles. The first kappa shape index (κ1) is 26.5. The van der Waals surface area contributed by atoms with E-state index in [0.717, 1.165) is 37.1 Å². The Labute approximate surface area is 242 Å². The van der Waals surface area contributed by atoms with Crippen LogP contribution < -0.4 is 4.74 Å². The van der Waals surface area contributed by atoms with Crippen molar-refractivity contribution in [2.45, 2.75) is 77.3 Å². The van der Waals surface area contributed by atoms with Crippen molar-refractivity contribution < 1.29 is 28.8 Å². The van der Waals surface area contributed by atoms with Crippen molar-refractivity contribution >= 4 is 6.08 Å². The van der Waals surface area contributed by atoms with E-state index in [-0.39, 0.29) is 30.3 Å². The number of aliphatic hydroxyl groups is 1. The Morgan fingerprint density at radius 3 is 2.63 bits per heavy atom. The molecule has 1 aromatic carbocycles. The predicted molar refractivity (Wildman–Crippen MR) is 153 cm³/mol. The number of ether oxygens (including phenoxy) is 5. The molecule has 7 heteroatoms. The Kier molecular flexibility index (Phi) is 5.76. The van der Waals surface area contributed by atoms with Crippen molar-refractivity contribution in [3.05, 3.63) is 53.4 Å². The molecule has 1 aromatic heterocycles. The fourth-order valence-electron chi connectivity index (χ4n) is 10.8. The molecule has 41 heavy (non-hydrogen) atoms. The van der Waals surface area contributed by atoms with Gasteiger partial charge in [0.05, 0.1) is 12.7 Å². The Morgan fingerprint density at radius 2 is 1.88 bits per heavy atom. The monoisotopic (exact) mass is 561 g/mol. The number of nitrogens with zero attached hydrogens (tertiary/aromatic N) is 1. The number of benzene rings is 1. The van der Waals surface area contributed by atoms with Crippen LogP contribution in [0.2, 0.25) is 0 Å². The normalized spacial score (nSPS) is 44.4. The van der Waals surface area contributed by atoms with Gasteiger partial charge in [-0.05, 0) is 104 Å². The zero-order chi connectivity index (χ0) is 28.2. The summed E-state index contributed by atoms with van der Waals surface area (Å²) in [5, 5.41) is 12.2. The lowest BCUT2D eigenvalue weighted by Crippen LogP contribution is -2.66. The lowest BCUT2D eigenvalue weighted by molar-refractivity contribution is -0.258. The number of hydrogen-bond donors (Lipinski definition) is 1. The summed E-state index contributed by atoms with van der Waals surface area (Å²) in [5.74, 6) is 1.55. The van der Waals surface area contributed by atoms with Gasteiger partial charge in [0, 0.05) is 23.5 Å². The zero-order valence-corrected chi connectivity index (χ0v) is 24.7. The van der Waals surface area contributed by atoms with Crippen LogP contribution in [0, 0.1) is 34.5 Å². The van der Waals surface area contributed by atoms with E-state index in [4.69, 9.17) is 23.7 Å². The van der Waals surface area contributed by atoms with Gasteiger partial charge in [0.25, 0.3) is 0 Å². The zero-order valence-electron chi connectivity index (χ0n) is 24.7. The van der Waals surface area contributed by atoms with E-state index in [1.165, 1.54) is 16.7 Å². The van der Waals surface area contributed by atoms with Gasteiger partial charge in [0.1, 0.15) is 18.0 Å². The molecule has 1 N–H and O–H groups in total. The second-order valence-electron chi connectivity index (χ2n) is 14.0. The van der Waals surface area contributed by atoms with E-state index >= 15 is 0 Å². The van der Waals surface area contributed by atoms with Crippen LogP contribution >= 0.6 is 0 Å². The minimum atomic E-state index is -0.859. The maximum atomic E-state index is 12.2. The molecule has 1 unspecified atom stereocenters. The van der Waals surface area contributed by atoms with Crippen molar-refractivity contribution in [3.63, 3.8) is 0 Å². The first-order chi connectivity index (χ1) is 19.7. The third-order valence-corrected chi connectivity index (χ3v) is 12.3. The van der Waals surface area contributed by atoms with Gasteiger partial charge in [0.2, 0.25) is 5.79 Å². The molecule has 6 aliphatic rings. The summed E-state index contributed by atoms with van der Waals surface area (Å²) in [7, 11) is 0. The van der Waals surface area contributed by atoms with Gasteiger partial charge in [-0.3, -0.25) is 0 Å². The summed E-state index contributed by atoms with van der Waals surface area (Å²) in [4.78, 5) is 0. The van der Waals surface area contributed by atoms with Gasteiger partial charge in [-0.2, -0.15) is 0 Å². The van der Waals surface area contributed by atoms with Crippen LogP contribution in [0.5, 0.6) is 5.75 Å². The van der Waals surface area contributed by atoms with Crippen molar-refractivity contribution in [1.29, 1.82) is 0 Å². The van der Waals surface area contributed by atoms with Crippen LogP contribution in [0.15, 0.2) is 42.2 Å². The summed E-state index contributed by atoms with van der Waals surface area (Å²) in [5.41, 5.74) is 4.40. The van der Waals surface area contributed by atoms with Gasteiger partial charge < -0.3 is 33.4 Å². The van der Waals surface area contributed by atoms with E-state index in [1.807, 2.05) is 19.1 Å². The summed E-state index contributed by atoms with van der Waals surface area (Å²) >= 11 is 0. The standard InChI is InChI=1S/C34H43NO6/c1-5-38-25-8-6-24(7-9-25)35-16-22-13-28-21(2)12-26-27-10-11-33(34(41-20-39-33)18-37-19-40-34)32(27,4)15-29(36)30(26)31(28,3)14-23(22)17-35/h6-9,13,16-17,21,26-27,29-30,36H,5,10-12,14-15,18-20H2,1-4H3/t21-,26-,27-,29-,30+,31-,32-,33+,34?/m0/s1. The Bertz CT molecular complexity index is 1370. The topological polar surface area (TPSA) is 71.3 Å². The molecule has 5 fully saturated rings. The number of rotatable bonds is 3. The fraction of sp³-hybridized carbons (Fsp3) is 0.647. The second-order valence-corrected chi connectivity index (χ2v) is 14.0. The molecule has 3 saturated carbocycles. The highest BCUT2D eigenvalue weighted by molar-refractivity contribution is 5.63. The van der Waals surface area contributed by atoms with Crippen molar-refractivity contribution in [2.24, 2.45) is 34.5 Å². The summed E-state index contributed by atoms with van der Waals surface area (Å²) in [6.07, 6.45) is 11.3. The van der Waals surface area contributed by atoms with E-state index in [2.05, 4.69) is 55.9 Å². The van der Waals surface area contributed by atoms with Crippen LogP contribution in [0.4, 0.5) is 0 Å². The smallest absolute Gasteiger partial charge is 0.226 e. The van der Waals surface area contributed by atoms with Crippen LogP contribution in [-0.4, -0.2) is 54.0 Å². The lowest BCUT2D eigenvalue weighted by Gasteiger charge is -2.62. The Morgan fingerprint density at radius 1 is 1.07 bits per heavy atom. The third kappa shape index (κ3) is 3.38. The number of fused-ring (bicyclic) bond motifs is 8. The SMILES string of the molecule is CCOc1ccc(-n2cc3c(c2)C[C@@]2(C)C(=C3)[C@@H](C)C[C@@H]3[C@@H]2[C@@H](O)C[C@@]2(C)[C@H]3CC[C@@]23OCOC32COCO2)cc1. The number of aliphatic hydroxyl groups excluding tert-OH is 1. The molecule has 4 aliphatic carbocycles.